The molecule has 0 unspecified atom stereocenters. The van der Waals surface area contributed by atoms with Crippen molar-refractivity contribution in [2.24, 2.45) is 17.8 Å². The molecule has 2 aromatic carbocycles. The highest BCUT2D eigenvalue weighted by Crippen LogP contribution is 2.55. The van der Waals surface area contributed by atoms with Crippen LogP contribution >= 0.6 is 11.6 Å². The molecule has 0 aliphatic heterocycles. The first-order valence-electron chi connectivity index (χ1n) is 10.9. The van der Waals surface area contributed by atoms with Crippen molar-refractivity contribution < 1.29 is 9.47 Å². The highest BCUT2D eigenvalue weighted by Gasteiger charge is 2.50. The summed E-state index contributed by atoms with van der Waals surface area (Å²) in [6.45, 7) is 1.31. The quantitative estimate of drug-likeness (QED) is 0.607. The normalized spacial score (nSPS) is 29.8. The lowest BCUT2D eigenvalue weighted by Gasteiger charge is -2.57. The summed E-state index contributed by atoms with van der Waals surface area (Å²) in [7, 11) is 1.71. The zero-order chi connectivity index (χ0) is 19.8. The van der Waals surface area contributed by atoms with E-state index in [1.807, 2.05) is 30.3 Å². The van der Waals surface area contributed by atoms with Crippen molar-refractivity contribution in [1.29, 1.82) is 0 Å². The number of nitrogens with one attached hydrogen (secondary N) is 1. The highest BCUT2D eigenvalue weighted by atomic mass is 35.5. The van der Waals surface area contributed by atoms with Gasteiger partial charge in [0.05, 0.1) is 7.11 Å². The molecule has 4 bridgehead atoms. The minimum Gasteiger partial charge on any atom is -0.493 e. The standard InChI is InChI=1S/C25H30ClNO2/c1-28-23-7-3-5-21(24(23)29-16-17-4-2-6-22(26)11-17)15-27-25-12-18-8-19(13-25)10-20(9-18)14-25/h2-7,11,18-20,27H,8-10,12-16H2,1H3. The van der Waals surface area contributed by atoms with E-state index in [1.165, 1.54) is 44.1 Å². The van der Waals surface area contributed by atoms with Crippen molar-refractivity contribution >= 4 is 11.6 Å². The van der Waals surface area contributed by atoms with Crippen LogP contribution in [0.5, 0.6) is 11.5 Å². The van der Waals surface area contributed by atoms with Gasteiger partial charge in [0, 0.05) is 22.7 Å². The van der Waals surface area contributed by atoms with E-state index in [-0.39, 0.29) is 0 Å². The first-order chi connectivity index (χ1) is 14.1. The maximum absolute atomic E-state index is 6.25. The Morgan fingerprint density at radius 2 is 1.69 bits per heavy atom. The lowest BCUT2D eigenvalue weighted by molar-refractivity contribution is -0.0206. The fourth-order valence-electron chi connectivity index (χ4n) is 6.42. The van der Waals surface area contributed by atoms with Gasteiger partial charge in [0.15, 0.2) is 11.5 Å². The molecule has 2 aromatic rings. The molecule has 4 fully saturated rings. The number of para-hydroxylation sites is 1. The molecule has 6 rings (SSSR count). The second kappa shape index (κ2) is 7.85. The zero-order valence-electron chi connectivity index (χ0n) is 17.1. The Kier molecular flexibility index (Phi) is 5.21. The van der Waals surface area contributed by atoms with Gasteiger partial charge in [-0.1, -0.05) is 35.9 Å². The number of methoxy groups -OCH3 is 1. The molecular formula is C25H30ClNO2. The minimum absolute atomic E-state index is 0.335. The van der Waals surface area contributed by atoms with E-state index in [0.717, 1.165) is 46.4 Å². The van der Waals surface area contributed by atoms with Crippen LogP contribution in [0.3, 0.4) is 0 Å². The first kappa shape index (κ1) is 19.3. The summed E-state index contributed by atoms with van der Waals surface area (Å²) in [6.07, 6.45) is 8.45. The third kappa shape index (κ3) is 4.00. The Hall–Kier alpha value is -1.71. The van der Waals surface area contributed by atoms with Crippen LogP contribution in [0.4, 0.5) is 0 Å². The smallest absolute Gasteiger partial charge is 0.166 e. The fourth-order valence-corrected chi connectivity index (χ4v) is 6.63. The number of benzene rings is 2. The van der Waals surface area contributed by atoms with E-state index >= 15 is 0 Å². The molecule has 4 saturated carbocycles. The SMILES string of the molecule is COc1cccc(CNC23CC4CC(CC(C4)C2)C3)c1OCc1cccc(Cl)c1. The minimum atomic E-state index is 0.335. The molecule has 0 saturated heterocycles. The molecule has 0 atom stereocenters. The van der Waals surface area contributed by atoms with Crippen LogP contribution in [0, 0.1) is 17.8 Å². The molecule has 0 heterocycles. The first-order valence-corrected chi connectivity index (χ1v) is 11.3. The number of rotatable bonds is 7. The average molecular weight is 412 g/mol. The lowest BCUT2D eigenvalue weighted by atomic mass is 9.53. The Morgan fingerprint density at radius 3 is 2.34 bits per heavy atom. The number of hydrogen-bond donors (Lipinski definition) is 1. The van der Waals surface area contributed by atoms with Crippen molar-refractivity contribution in [1.82, 2.24) is 5.32 Å². The lowest BCUT2D eigenvalue weighted by Crippen LogP contribution is -2.58. The van der Waals surface area contributed by atoms with E-state index < -0.39 is 0 Å². The molecule has 1 N–H and O–H groups in total. The zero-order valence-corrected chi connectivity index (χ0v) is 17.9. The van der Waals surface area contributed by atoms with Crippen LogP contribution in [-0.2, 0) is 13.2 Å². The third-order valence-electron chi connectivity index (χ3n) is 7.24. The van der Waals surface area contributed by atoms with Gasteiger partial charge in [-0.2, -0.15) is 0 Å². The second-order valence-corrected chi connectivity index (χ2v) is 9.85. The summed E-state index contributed by atoms with van der Waals surface area (Å²) in [4.78, 5) is 0. The summed E-state index contributed by atoms with van der Waals surface area (Å²) in [6, 6.07) is 14.0. The van der Waals surface area contributed by atoms with Gasteiger partial charge in [0.25, 0.3) is 0 Å². The summed E-state index contributed by atoms with van der Waals surface area (Å²) in [5.41, 5.74) is 2.56. The van der Waals surface area contributed by atoms with Gasteiger partial charge in [0.1, 0.15) is 6.61 Å². The van der Waals surface area contributed by atoms with Crippen LogP contribution in [0.15, 0.2) is 42.5 Å². The van der Waals surface area contributed by atoms with Crippen LogP contribution in [0.2, 0.25) is 5.02 Å². The average Bonchev–Trinajstić information content (AvgIpc) is 2.70. The van der Waals surface area contributed by atoms with Crippen LogP contribution in [0.1, 0.15) is 49.7 Å². The van der Waals surface area contributed by atoms with Gasteiger partial charge in [-0.15, -0.1) is 0 Å². The molecular weight excluding hydrogens is 382 g/mol. The van der Waals surface area contributed by atoms with Crippen molar-refractivity contribution in [2.75, 3.05) is 7.11 Å². The molecule has 29 heavy (non-hydrogen) atoms. The summed E-state index contributed by atoms with van der Waals surface area (Å²) < 4.78 is 11.9. The number of halogens is 1. The van der Waals surface area contributed by atoms with E-state index in [4.69, 9.17) is 21.1 Å². The van der Waals surface area contributed by atoms with Crippen molar-refractivity contribution in [3.63, 3.8) is 0 Å². The van der Waals surface area contributed by atoms with Gasteiger partial charge in [0.2, 0.25) is 0 Å². The van der Waals surface area contributed by atoms with Gasteiger partial charge in [-0.3, -0.25) is 0 Å². The Labute approximate surface area is 178 Å². The molecule has 0 radical (unpaired) electrons. The van der Waals surface area contributed by atoms with Crippen molar-refractivity contribution in [2.45, 2.75) is 57.2 Å². The number of hydrogen-bond acceptors (Lipinski definition) is 3. The predicted molar refractivity (Wildman–Crippen MR) is 117 cm³/mol. The van der Waals surface area contributed by atoms with Crippen LogP contribution in [-0.4, -0.2) is 12.6 Å². The van der Waals surface area contributed by atoms with Gasteiger partial charge in [-0.25, -0.2) is 0 Å². The maximum atomic E-state index is 6.25. The topological polar surface area (TPSA) is 30.5 Å². The molecule has 0 amide bonds. The molecule has 4 aliphatic carbocycles. The van der Waals surface area contributed by atoms with Crippen molar-refractivity contribution in [3.8, 4) is 11.5 Å². The van der Waals surface area contributed by atoms with E-state index in [2.05, 4.69) is 17.4 Å². The molecule has 4 heteroatoms. The monoisotopic (exact) mass is 411 g/mol. The van der Waals surface area contributed by atoms with E-state index in [0.29, 0.717) is 12.1 Å². The largest absolute Gasteiger partial charge is 0.493 e. The molecule has 4 aliphatic rings. The molecule has 3 nitrogen and oxygen atoms in total. The summed E-state index contributed by atoms with van der Waals surface area (Å²) in [5, 5.41) is 4.72. The second-order valence-electron chi connectivity index (χ2n) is 9.42. The van der Waals surface area contributed by atoms with Crippen LogP contribution in [0.25, 0.3) is 0 Å². The van der Waals surface area contributed by atoms with Gasteiger partial charge < -0.3 is 14.8 Å². The summed E-state index contributed by atoms with van der Waals surface area (Å²) >= 11 is 6.13. The molecule has 154 valence electrons. The maximum Gasteiger partial charge on any atom is 0.166 e. The van der Waals surface area contributed by atoms with E-state index in [9.17, 15) is 0 Å². The predicted octanol–water partition coefficient (Wildman–Crippen LogP) is 5.99. The highest BCUT2D eigenvalue weighted by molar-refractivity contribution is 6.30. The van der Waals surface area contributed by atoms with Gasteiger partial charge in [-0.05, 0) is 80.0 Å². The Morgan fingerprint density at radius 1 is 1.00 bits per heavy atom. The third-order valence-corrected chi connectivity index (χ3v) is 7.48. The van der Waals surface area contributed by atoms with E-state index in [1.54, 1.807) is 7.11 Å². The number of ether oxygens (including phenoxy) is 2. The molecule has 0 aromatic heterocycles. The van der Waals surface area contributed by atoms with Crippen LogP contribution < -0.4 is 14.8 Å². The van der Waals surface area contributed by atoms with Gasteiger partial charge >= 0.3 is 0 Å². The molecule has 0 spiro atoms. The Bertz CT molecular complexity index is 846. The van der Waals surface area contributed by atoms with Crippen molar-refractivity contribution in [3.05, 3.63) is 58.6 Å². The summed E-state index contributed by atoms with van der Waals surface area (Å²) in [5.74, 6) is 4.46. The fraction of sp³-hybridized carbons (Fsp3) is 0.520. The Balaban J connectivity index is 1.32.